The van der Waals surface area contributed by atoms with Crippen molar-refractivity contribution < 1.29 is 13.5 Å². The Bertz CT molecular complexity index is 906. The van der Waals surface area contributed by atoms with Gasteiger partial charge in [0.15, 0.2) is 0 Å². The average molecular weight is 373 g/mol. The molecule has 2 aromatic carbocycles. The Morgan fingerprint density at radius 2 is 1.73 bits per heavy atom. The van der Waals surface area contributed by atoms with E-state index in [0.29, 0.717) is 48.4 Å². The van der Waals surface area contributed by atoms with Crippen LogP contribution in [0.4, 0.5) is 4.39 Å². The number of hydrogen-bond acceptors (Lipinski definition) is 4. The van der Waals surface area contributed by atoms with Crippen molar-refractivity contribution in [3.63, 3.8) is 0 Å². The Balaban J connectivity index is 1.71. The Morgan fingerprint density at radius 3 is 2.50 bits per heavy atom. The van der Waals surface area contributed by atoms with Crippen LogP contribution in [0.25, 0.3) is 0 Å². The van der Waals surface area contributed by atoms with Gasteiger partial charge in [-0.05, 0) is 36.1 Å². The molecule has 2 heterocycles. The van der Waals surface area contributed by atoms with Crippen molar-refractivity contribution in [1.29, 1.82) is 0 Å². The van der Waals surface area contributed by atoms with E-state index in [0.717, 1.165) is 5.56 Å². The van der Waals surface area contributed by atoms with E-state index in [1.807, 2.05) is 24.3 Å². The van der Waals surface area contributed by atoms with Gasteiger partial charge in [0.05, 0.1) is 11.8 Å². The fourth-order valence-corrected chi connectivity index (χ4v) is 3.81. The molecular weight excluding hydrogens is 355 g/mol. The van der Waals surface area contributed by atoms with Crippen LogP contribution in [-0.4, -0.2) is 23.4 Å². The van der Waals surface area contributed by atoms with Gasteiger partial charge in [-0.2, -0.15) is 0 Å². The molecule has 1 aliphatic heterocycles. The minimum atomic E-state index is -0.475. The van der Waals surface area contributed by atoms with Gasteiger partial charge in [-0.25, -0.2) is 4.39 Å². The zero-order chi connectivity index (χ0) is 18.0. The molecule has 0 N–H and O–H groups in total. The Kier molecular flexibility index (Phi) is 4.74. The van der Waals surface area contributed by atoms with E-state index in [1.165, 1.54) is 6.07 Å². The van der Waals surface area contributed by atoms with Crippen LogP contribution in [0.2, 0.25) is 5.02 Å². The van der Waals surface area contributed by atoms with Crippen LogP contribution >= 0.6 is 11.6 Å². The van der Waals surface area contributed by atoms with Crippen molar-refractivity contribution in [2.75, 3.05) is 13.2 Å². The minimum Gasteiger partial charge on any atom is -0.424 e. The minimum absolute atomic E-state index is 0.259. The number of hydrogen-bond donors (Lipinski definition) is 0. The number of ether oxygens (including phenoxy) is 1. The summed E-state index contributed by atoms with van der Waals surface area (Å²) >= 11 is 6.47. The van der Waals surface area contributed by atoms with Crippen molar-refractivity contribution in [2.24, 2.45) is 0 Å². The smallest absolute Gasteiger partial charge is 0.227 e. The lowest BCUT2D eigenvalue weighted by Crippen LogP contribution is -2.35. The zero-order valence-corrected chi connectivity index (χ0v) is 14.9. The second kappa shape index (κ2) is 7.17. The Labute approximate surface area is 156 Å². The molecule has 0 bridgehead atoms. The molecule has 1 aromatic heterocycles. The van der Waals surface area contributed by atoms with Gasteiger partial charge in [-0.15, -0.1) is 10.2 Å². The summed E-state index contributed by atoms with van der Waals surface area (Å²) in [7, 11) is 0. The van der Waals surface area contributed by atoms with Gasteiger partial charge < -0.3 is 9.15 Å². The first-order chi connectivity index (χ1) is 12.7. The van der Waals surface area contributed by atoms with Gasteiger partial charge in [-0.3, -0.25) is 0 Å². The molecule has 0 radical (unpaired) electrons. The van der Waals surface area contributed by atoms with E-state index in [-0.39, 0.29) is 12.2 Å². The third-order valence-corrected chi connectivity index (χ3v) is 5.24. The summed E-state index contributed by atoms with van der Waals surface area (Å²) in [6.45, 7) is 1.19. The molecule has 0 spiro atoms. The van der Waals surface area contributed by atoms with Gasteiger partial charge in [0.1, 0.15) is 5.82 Å². The van der Waals surface area contributed by atoms with Gasteiger partial charge in [0.2, 0.25) is 11.8 Å². The molecule has 1 fully saturated rings. The van der Waals surface area contributed by atoms with Crippen molar-refractivity contribution in [3.8, 4) is 0 Å². The number of aromatic nitrogens is 2. The highest BCUT2D eigenvalue weighted by atomic mass is 35.5. The molecular formula is C20H18ClFN2O2. The maximum absolute atomic E-state index is 13.9. The fourth-order valence-electron chi connectivity index (χ4n) is 3.49. The summed E-state index contributed by atoms with van der Waals surface area (Å²) in [5.41, 5.74) is 1.02. The number of halogens is 2. The number of nitrogens with zero attached hydrogens (tertiary/aromatic N) is 2. The molecule has 4 nitrogen and oxygen atoms in total. The zero-order valence-electron chi connectivity index (χ0n) is 14.1. The molecule has 3 aromatic rings. The van der Waals surface area contributed by atoms with Crippen LogP contribution in [-0.2, 0) is 16.6 Å². The topological polar surface area (TPSA) is 48.2 Å². The molecule has 0 saturated carbocycles. The van der Waals surface area contributed by atoms with E-state index in [9.17, 15) is 4.39 Å². The lowest BCUT2D eigenvalue weighted by Gasteiger charge is -2.35. The summed E-state index contributed by atoms with van der Waals surface area (Å²) in [5, 5.41) is 9.13. The first kappa shape index (κ1) is 17.2. The lowest BCUT2D eigenvalue weighted by atomic mass is 9.74. The standard InChI is InChI=1S/C20H18ClFN2O2/c21-16-7-3-2-6-15(16)20(9-11-25-12-10-20)19-24-23-18(26-19)13-14-5-1-4-8-17(14)22/h1-8H,9-13H2. The van der Waals surface area contributed by atoms with Crippen molar-refractivity contribution in [1.82, 2.24) is 10.2 Å². The molecule has 6 heteroatoms. The summed E-state index contributed by atoms with van der Waals surface area (Å²) in [4.78, 5) is 0. The SMILES string of the molecule is Fc1ccccc1Cc1nnc(C2(c3ccccc3Cl)CCOCC2)o1. The maximum atomic E-state index is 13.9. The summed E-state index contributed by atoms with van der Waals surface area (Å²) < 4.78 is 25.4. The highest BCUT2D eigenvalue weighted by Gasteiger charge is 2.42. The summed E-state index contributed by atoms with van der Waals surface area (Å²) in [6, 6.07) is 14.3. The molecule has 1 aliphatic rings. The predicted octanol–water partition coefficient (Wildman–Crippen LogP) is 4.55. The van der Waals surface area contributed by atoms with Crippen molar-refractivity contribution in [3.05, 3.63) is 82.3 Å². The molecule has 0 atom stereocenters. The van der Waals surface area contributed by atoms with Crippen molar-refractivity contribution in [2.45, 2.75) is 24.7 Å². The van der Waals surface area contributed by atoms with Gasteiger partial charge >= 0.3 is 0 Å². The molecule has 1 saturated heterocycles. The third kappa shape index (κ3) is 3.13. The monoisotopic (exact) mass is 372 g/mol. The lowest BCUT2D eigenvalue weighted by molar-refractivity contribution is 0.0541. The first-order valence-corrected chi connectivity index (χ1v) is 8.96. The average Bonchev–Trinajstić information content (AvgIpc) is 3.14. The molecule has 0 unspecified atom stereocenters. The Hall–Kier alpha value is -2.24. The van der Waals surface area contributed by atoms with Gasteiger partial charge in [0.25, 0.3) is 0 Å². The number of rotatable bonds is 4. The van der Waals surface area contributed by atoms with E-state index >= 15 is 0 Å². The maximum Gasteiger partial charge on any atom is 0.227 e. The van der Waals surface area contributed by atoms with Crippen molar-refractivity contribution >= 4 is 11.6 Å². The van der Waals surface area contributed by atoms with Gasteiger partial charge in [-0.1, -0.05) is 48.0 Å². The molecule has 134 valence electrons. The second-order valence-corrected chi connectivity index (χ2v) is 6.85. The van der Waals surface area contributed by atoms with E-state index in [1.54, 1.807) is 18.2 Å². The predicted molar refractivity (Wildman–Crippen MR) is 95.8 cm³/mol. The second-order valence-electron chi connectivity index (χ2n) is 6.44. The van der Waals surface area contributed by atoms with Gasteiger partial charge in [0, 0.05) is 18.2 Å². The molecule has 26 heavy (non-hydrogen) atoms. The molecule has 0 aliphatic carbocycles. The van der Waals surface area contributed by atoms with E-state index in [4.69, 9.17) is 20.8 Å². The quantitative estimate of drug-likeness (QED) is 0.674. The normalized spacial score (nSPS) is 16.5. The van der Waals surface area contributed by atoms with Crippen LogP contribution in [0, 0.1) is 5.82 Å². The Morgan fingerprint density at radius 1 is 1.00 bits per heavy atom. The largest absolute Gasteiger partial charge is 0.424 e. The van der Waals surface area contributed by atoms with E-state index < -0.39 is 5.41 Å². The highest BCUT2D eigenvalue weighted by molar-refractivity contribution is 6.31. The highest BCUT2D eigenvalue weighted by Crippen LogP contribution is 2.43. The molecule has 0 amide bonds. The summed E-state index contributed by atoms with van der Waals surface area (Å²) in [6.07, 6.45) is 1.67. The van der Waals surface area contributed by atoms with Crippen LogP contribution in [0.15, 0.2) is 52.9 Å². The fraction of sp³-hybridized carbons (Fsp3) is 0.300. The van der Waals surface area contributed by atoms with Crippen LogP contribution in [0.3, 0.4) is 0 Å². The van der Waals surface area contributed by atoms with E-state index in [2.05, 4.69) is 10.2 Å². The van der Waals surface area contributed by atoms with Crippen LogP contribution in [0.1, 0.15) is 35.7 Å². The molecule has 4 rings (SSSR count). The summed E-state index contributed by atoms with van der Waals surface area (Å²) in [5.74, 6) is 0.627. The van der Waals surface area contributed by atoms with Crippen LogP contribution < -0.4 is 0 Å². The number of benzene rings is 2. The third-order valence-electron chi connectivity index (χ3n) is 4.91. The first-order valence-electron chi connectivity index (χ1n) is 8.58. The van der Waals surface area contributed by atoms with Crippen LogP contribution in [0.5, 0.6) is 0 Å².